The molecule has 1 amide bonds. The number of ether oxygens (including phenoxy) is 2. The average Bonchev–Trinajstić information content (AvgIpc) is 2.92. The lowest BCUT2D eigenvalue weighted by molar-refractivity contribution is -0.111. The summed E-state index contributed by atoms with van der Waals surface area (Å²) in [5.74, 6) is 1.72. The Morgan fingerprint density at radius 3 is 2.95 bits per heavy atom. The number of amides is 1. The smallest absolute Gasteiger partial charge is 0.249 e. The van der Waals surface area contributed by atoms with Crippen LogP contribution in [0, 0.1) is 6.92 Å². The maximum Gasteiger partial charge on any atom is 0.249 e. The zero-order valence-corrected chi connectivity index (χ0v) is 11.5. The lowest BCUT2D eigenvalue weighted by Crippen LogP contribution is -2.09. The number of rotatable bonds is 3. The number of aryl methyl sites for hydroxylation is 1. The van der Waals surface area contributed by atoms with E-state index in [9.17, 15) is 4.79 Å². The van der Waals surface area contributed by atoms with E-state index < -0.39 is 0 Å². The fourth-order valence-corrected chi connectivity index (χ4v) is 1.96. The van der Waals surface area contributed by atoms with E-state index in [0.717, 1.165) is 16.9 Å². The number of hydrogen-bond acceptors (Lipinski definition) is 4. The summed E-state index contributed by atoms with van der Waals surface area (Å²) in [5, 5.41) is 2.71. The zero-order valence-electron chi connectivity index (χ0n) is 11.5. The minimum absolute atomic E-state index is 0.231. The molecule has 2 aromatic rings. The Bertz CT molecular complexity index is 710. The number of anilines is 1. The van der Waals surface area contributed by atoms with Gasteiger partial charge in [0, 0.05) is 12.3 Å². The molecule has 0 aliphatic carbocycles. The Morgan fingerprint density at radius 2 is 2.10 bits per heavy atom. The molecule has 2 heterocycles. The molecule has 106 valence electrons. The highest BCUT2D eigenvalue weighted by Crippen LogP contribution is 2.32. The van der Waals surface area contributed by atoms with Crippen molar-refractivity contribution in [3.63, 3.8) is 0 Å². The van der Waals surface area contributed by atoms with Gasteiger partial charge < -0.3 is 14.8 Å². The summed E-state index contributed by atoms with van der Waals surface area (Å²) in [7, 11) is 0. The van der Waals surface area contributed by atoms with E-state index in [1.165, 1.54) is 6.08 Å². The molecule has 1 aliphatic rings. The molecule has 3 rings (SSSR count). The molecule has 0 spiro atoms. The quantitative estimate of drug-likeness (QED) is 0.879. The predicted molar refractivity (Wildman–Crippen MR) is 79.2 cm³/mol. The van der Waals surface area contributed by atoms with Crippen LogP contribution in [0.2, 0.25) is 0 Å². The van der Waals surface area contributed by atoms with Gasteiger partial charge in [0.1, 0.15) is 5.82 Å². The number of carbonyl (C=O) groups is 1. The van der Waals surface area contributed by atoms with Crippen LogP contribution in [0.3, 0.4) is 0 Å². The molecule has 0 saturated carbocycles. The third kappa shape index (κ3) is 3.20. The molecule has 0 atom stereocenters. The van der Waals surface area contributed by atoms with Crippen molar-refractivity contribution in [2.75, 3.05) is 12.1 Å². The van der Waals surface area contributed by atoms with Crippen molar-refractivity contribution < 1.29 is 14.3 Å². The molecule has 5 nitrogen and oxygen atoms in total. The summed E-state index contributed by atoms with van der Waals surface area (Å²) in [4.78, 5) is 15.9. The first kappa shape index (κ1) is 13.2. The van der Waals surface area contributed by atoms with Crippen LogP contribution < -0.4 is 14.8 Å². The molecule has 21 heavy (non-hydrogen) atoms. The normalized spacial score (nSPS) is 12.6. The van der Waals surface area contributed by atoms with Gasteiger partial charge in [-0.3, -0.25) is 4.79 Å². The van der Waals surface area contributed by atoms with E-state index in [4.69, 9.17) is 9.47 Å². The number of fused-ring (bicyclic) bond motifs is 1. The molecule has 0 unspecified atom stereocenters. The summed E-state index contributed by atoms with van der Waals surface area (Å²) in [5.41, 5.74) is 1.91. The summed E-state index contributed by atoms with van der Waals surface area (Å²) in [6.45, 7) is 2.18. The maximum absolute atomic E-state index is 11.8. The van der Waals surface area contributed by atoms with Crippen LogP contribution in [0.4, 0.5) is 5.82 Å². The van der Waals surface area contributed by atoms with Crippen molar-refractivity contribution in [1.29, 1.82) is 0 Å². The molecule has 0 bridgehead atoms. The van der Waals surface area contributed by atoms with E-state index in [1.54, 1.807) is 12.3 Å². The minimum Gasteiger partial charge on any atom is -0.454 e. The van der Waals surface area contributed by atoms with Crippen LogP contribution in [0.5, 0.6) is 11.5 Å². The Balaban J connectivity index is 1.67. The van der Waals surface area contributed by atoms with Gasteiger partial charge in [0.05, 0.1) is 0 Å². The van der Waals surface area contributed by atoms with Crippen molar-refractivity contribution >= 4 is 17.8 Å². The van der Waals surface area contributed by atoms with Gasteiger partial charge in [0.2, 0.25) is 12.7 Å². The van der Waals surface area contributed by atoms with Gasteiger partial charge in [-0.1, -0.05) is 6.07 Å². The number of carbonyl (C=O) groups excluding carboxylic acids is 1. The first-order valence-corrected chi connectivity index (χ1v) is 6.52. The van der Waals surface area contributed by atoms with E-state index in [1.807, 2.05) is 37.3 Å². The molecule has 1 N–H and O–H groups in total. The highest BCUT2D eigenvalue weighted by atomic mass is 16.7. The van der Waals surface area contributed by atoms with Crippen molar-refractivity contribution in [2.24, 2.45) is 0 Å². The van der Waals surface area contributed by atoms with Crippen LogP contribution in [-0.2, 0) is 4.79 Å². The van der Waals surface area contributed by atoms with Crippen LogP contribution in [0.1, 0.15) is 11.1 Å². The van der Waals surface area contributed by atoms with Gasteiger partial charge in [0.25, 0.3) is 0 Å². The standard InChI is InChI=1S/C16H14N2O3/c1-11-6-7-17-15(8-11)18-16(19)5-3-12-2-4-13-14(9-12)21-10-20-13/h2-9H,10H2,1H3,(H,17,18,19)/b5-3+. The lowest BCUT2D eigenvalue weighted by Gasteiger charge is -2.01. The van der Waals surface area contributed by atoms with Gasteiger partial charge in [-0.05, 0) is 48.4 Å². The van der Waals surface area contributed by atoms with Crippen LogP contribution in [-0.4, -0.2) is 17.7 Å². The maximum atomic E-state index is 11.8. The fourth-order valence-electron chi connectivity index (χ4n) is 1.96. The molecule has 0 fully saturated rings. The molecule has 5 heteroatoms. The second-order valence-electron chi connectivity index (χ2n) is 4.65. The number of pyridine rings is 1. The number of benzene rings is 1. The molecule has 1 aliphatic heterocycles. The largest absolute Gasteiger partial charge is 0.454 e. The van der Waals surface area contributed by atoms with E-state index in [0.29, 0.717) is 11.6 Å². The van der Waals surface area contributed by atoms with E-state index >= 15 is 0 Å². The van der Waals surface area contributed by atoms with Crippen LogP contribution >= 0.6 is 0 Å². The molecule has 0 radical (unpaired) electrons. The Hall–Kier alpha value is -2.82. The number of aromatic nitrogens is 1. The van der Waals surface area contributed by atoms with E-state index in [-0.39, 0.29) is 12.7 Å². The van der Waals surface area contributed by atoms with Crippen molar-refractivity contribution in [1.82, 2.24) is 4.98 Å². The number of nitrogens with zero attached hydrogens (tertiary/aromatic N) is 1. The number of nitrogens with one attached hydrogen (secondary N) is 1. The molecular formula is C16H14N2O3. The summed E-state index contributed by atoms with van der Waals surface area (Å²) in [6.07, 6.45) is 4.83. The summed E-state index contributed by atoms with van der Waals surface area (Å²) < 4.78 is 10.5. The highest BCUT2D eigenvalue weighted by molar-refractivity contribution is 6.01. The predicted octanol–water partition coefficient (Wildman–Crippen LogP) is 2.77. The second kappa shape index (κ2) is 5.66. The third-order valence-corrected chi connectivity index (χ3v) is 2.99. The minimum atomic E-state index is -0.231. The highest BCUT2D eigenvalue weighted by Gasteiger charge is 2.12. The Labute approximate surface area is 122 Å². The first-order chi connectivity index (χ1) is 10.2. The third-order valence-electron chi connectivity index (χ3n) is 2.99. The van der Waals surface area contributed by atoms with Gasteiger partial charge in [0.15, 0.2) is 11.5 Å². The Kier molecular flexibility index (Phi) is 3.55. The van der Waals surface area contributed by atoms with Gasteiger partial charge in [-0.2, -0.15) is 0 Å². The first-order valence-electron chi connectivity index (χ1n) is 6.52. The number of hydrogen-bond donors (Lipinski definition) is 1. The lowest BCUT2D eigenvalue weighted by atomic mass is 10.2. The van der Waals surface area contributed by atoms with Crippen LogP contribution in [0.25, 0.3) is 6.08 Å². The monoisotopic (exact) mass is 282 g/mol. The Morgan fingerprint density at radius 1 is 1.24 bits per heavy atom. The second-order valence-corrected chi connectivity index (χ2v) is 4.65. The van der Waals surface area contributed by atoms with Crippen molar-refractivity contribution in [2.45, 2.75) is 6.92 Å². The van der Waals surface area contributed by atoms with Crippen molar-refractivity contribution in [3.05, 3.63) is 53.7 Å². The van der Waals surface area contributed by atoms with Gasteiger partial charge in [-0.15, -0.1) is 0 Å². The van der Waals surface area contributed by atoms with E-state index in [2.05, 4.69) is 10.3 Å². The molecule has 1 aromatic heterocycles. The van der Waals surface area contributed by atoms with Crippen LogP contribution in [0.15, 0.2) is 42.6 Å². The molecule has 1 aromatic carbocycles. The van der Waals surface area contributed by atoms with Gasteiger partial charge >= 0.3 is 0 Å². The topological polar surface area (TPSA) is 60.5 Å². The average molecular weight is 282 g/mol. The summed E-state index contributed by atoms with van der Waals surface area (Å²) in [6, 6.07) is 9.20. The fraction of sp³-hybridized carbons (Fsp3) is 0.125. The van der Waals surface area contributed by atoms with Gasteiger partial charge in [-0.25, -0.2) is 4.98 Å². The zero-order chi connectivity index (χ0) is 14.7. The summed E-state index contributed by atoms with van der Waals surface area (Å²) >= 11 is 0. The SMILES string of the molecule is Cc1ccnc(NC(=O)/C=C/c2ccc3c(c2)OCO3)c1. The molecule has 0 saturated heterocycles. The van der Waals surface area contributed by atoms with Crippen molar-refractivity contribution in [3.8, 4) is 11.5 Å². The molecular weight excluding hydrogens is 268 g/mol.